The van der Waals surface area contributed by atoms with Crippen LogP contribution in [0.4, 0.5) is 11.4 Å². The van der Waals surface area contributed by atoms with Gasteiger partial charge in [-0.2, -0.15) is 5.26 Å². The molecule has 0 saturated carbocycles. The van der Waals surface area contributed by atoms with Crippen LogP contribution in [0.2, 0.25) is 10.0 Å². The molecular weight excluding hydrogens is 299 g/mol. The summed E-state index contributed by atoms with van der Waals surface area (Å²) in [4.78, 5) is 13.8. The van der Waals surface area contributed by atoms with Crippen LogP contribution in [0.1, 0.15) is 13.3 Å². The molecule has 0 aliphatic heterocycles. The van der Waals surface area contributed by atoms with Crippen molar-refractivity contribution in [2.45, 2.75) is 13.3 Å². The molecule has 1 amide bonds. The van der Waals surface area contributed by atoms with Gasteiger partial charge in [-0.1, -0.05) is 30.1 Å². The quantitative estimate of drug-likeness (QED) is 0.791. The van der Waals surface area contributed by atoms with Gasteiger partial charge in [-0.3, -0.25) is 9.69 Å². The summed E-state index contributed by atoms with van der Waals surface area (Å²) in [6, 6.07) is 5.09. The molecule has 0 bridgehead atoms. The molecule has 0 heterocycles. The van der Waals surface area contributed by atoms with Gasteiger partial charge in [-0.05, 0) is 18.7 Å². The van der Waals surface area contributed by atoms with Crippen molar-refractivity contribution in [1.29, 1.82) is 5.26 Å². The zero-order chi connectivity index (χ0) is 15.1. The Balaban J connectivity index is 2.69. The third-order valence-electron chi connectivity index (χ3n) is 2.70. The summed E-state index contributed by atoms with van der Waals surface area (Å²) in [6.45, 7) is 3.33. The van der Waals surface area contributed by atoms with E-state index < -0.39 is 0 Å². The maximum absolute atomic E-state index is 12.0. The molecule has 0 atom stereocenters. The molecule has 0 aliphatic rings. The summed E-state index contributed by atoms with van der Waals surface area (Å²) in [7, 11) is 0. The van der Waals surface area contributed by atoms with E-state index in [1.54, 1.807) is 0 Å². The number of hydrogen-bond acceptors (Lipinski definition) is 4. The number of hydrogen-bond donors (Lipinski definition) is 2. The van der Waals surface area contributed by atoms with E-state index in [4.69, 9.17) is 34.2 Å². The van der Waals surface area contributed by atoms with Gasteiger partial charge in [-0.15, -0.1) is 0 Å². The summed E-state index contributed by atoms with van der Waals surface area (Å²) in [6.07, 6.45) is 0.380. The lowest BCUT2D eigenvalue weighted by atomic mass is 10.2. The second-order valence-electron chi connectivity index (χ2n) is 4.18. The molecule has 1 rings (SSSR count). The number of nitrogens with one attached hydrogen (secondary N) is 1. The highest BCUT2D eigenvalue weighted by Crippen LogP contribution is 2.31. The number of benzene rings is 1. The van der Waals surface area contributed by atoms with Crippen LogP contribution in [0, 0.1) is 11.3 Å². The number of carbonyl (C=O) groups excluding carboxylic acids is 1. The molecule has 3 N–H and O–H groups in total. The first-order valence-electron chi connectivity index (χ1n) is 6.11. The number of nitrogens with zero attached hydrogens (tertiary/aromatic N) is 2. The van der Waals surface area contributed by atoms with E-state index in [1.165, 1.54) is 12.1 Å². The minimum absolute atomic E-state index is 0.177. The molecule has 1 aromatic carbocycles. The monoisotopic (exact) mass is 314 g/mol. The molecule has 0 aliphatic carbocycles. The molecular formula is C13H16Cl2N4O. The average Bonchev–Trinajstić information content (AvgIpc) is 2.38. The van der Waals surface area contributed by atoms with E-state index in [9.17, 15) is 4.79 Å². The van der Waals surface area contributed by atoms with Crippen molar-refractivity contribution in [3.63, 3.8) is 0 Å². The van der Waals surface area contributed by atoms with Crippen LogP contribution >= 0.6 is 23.2 Å². The highest BCUT2D eigenvalue weighted by molar-refractivity contribution is 6.37. The lowest BCUT2D eigenvalue weighted by Crippen LogP contribution is -2.34. The van der Waals surface area contributed by atoms with E-state index in [1.807, 2.05) is 11.8 Å². The minimum atomic E-state index is -0.235. The Kier molecular flexibility index (Phi) is 6.59. The number of likely N-dealkylation sites (N-methyl/N-ethyl adjacent to an activating group) is 1. The van der Waals surface area contributed by atoms with Crippen LogP contribution in [0.5, 0.6) is 0 Å². The highest BCUT2D eigenvalue weighted by atomic mass is 35.5. The molecule has 0 spiro atoms. The molecule has 7 heteroatoms. The normalized spacial score (nSPS) is 10.3. The van der Waals surface area contributed by atoms with E-state index in [0.717, 1.165) is 0 Å². The SMILES string of the molecule is CCN(CCC#N)CC(=O)Nc1c(N)cc(Cl)cc1Cl. The lowest BCUT2D eigenvalue weighted by Gasteiger charge is -2.19. The summed E-state index contributed by atoms with van der Waals surface area (Å²) < 4.78 is 0. The van der Waals surface area contributed by atoms with Gasteiger partial charge in [0.1, 0.15) is 0 Å². The molecule has 5 nitrogen and oxygen atoms in total. The van der Waals surface area contributed by atoms with Crippen molar-refractivity contribution in [3.05, 3.63) is 22.2 Å². The maximum Gasteiger partial charge on any atom is 0.238 e. The Morgan fingerprint density at radius 2 is 2.20 bits per heavy atom. The molecule has 0 aromatic heterocycles. The van der Waals surface area contributed by atoms with Crippen molar-refractivity contribution in [2.75, 3.05) is 30.7 Å². The lowest BCUT2D eigenvalue weighted by molar-refractivity contribution is -0.117. The summed E-state index contributed by atoms with van der Waals surface area (Å²) in [5.41, 5.74) is 6.45. The zero-order valence-electron chi connectivity index (χ0n) is 11.1. The van der Waals surface area contributed by atoms with Gasteiger partial charge in [0.2, 0.25) is 5.91 Å². The number of halogens is 2. The second-order valence-corrected chi connectivity index (χ2v) is 5.02. The topological polar surface area (TPSA) is 82.2 Å². The van der Waals surface area contributed by atoms with Crippen LogP contribution in [0.25, 0.3) is 0 Å². The molecule has 0 radical (unpaired) electrons. The van der Waals surface area contributed by atoms with Crippen molar-refractivity contribution in [2.24, 2.45) is 0 Å². The van der Waals surface area contributed by atoms with Gasteiger partial charge >= 0.3 is 0 Å². The van der Waals surface area contributed by atoms with E-state index in [-0.39, 0.29) is 12.5 Å². The number of rotatable bonds is 6. The van der Waals surface area contributed by atoms with Crippen molar-refractivity contribution >= 4 is 40.5 Å². The number of nitrogens with two attached hydrogens (primary N) is 1. The fourth-order valence-electron chi connectivity index (χ4n) is 1.66. The molecule has 0 unspecified atom stereocenters. The third-order valence-corrected chi connectivity index (χ3v) is 3.22. The Morgan fingerprint density at radius 3 is 2.75 bits per heavy atom. The van der Waals surface area contributed by atoms with Gasteiger partial charge in [0, 0.05) is 18.0 Å². The van der Waals surface area contributed by atoms with Crippen LogP contribution in [0.15, 0.2) is 12.1 Å². The maximum atomic E-state index is 12.0. The number of nitriles is 1. The fraction of sp³-hybridized carbons (Fsp3) is 0.385. The fourth-order valence-corrected chi connectivity index (χ4v) is 2.22. The van der Waals surface area contributed by atoms with Crippen molar-refractivity contribution in [3.8, 4) is 6.07 Å². The molecule has 1 aromatic rings. The van der Waals surface area contributed by atoms with Crippen molar-refractivity contribution < 1.29 is 4.79 Å². The molecule has 20 heavy (non-hydrogen) atoms. The molecule has 0 fully saturated rings. The van der Waals surface area contributed by atoms with Crippen LogP contribution in [-0.2, 0) is 4.79 Å². The third kappa shape index (κ3) is 4.89. The first-order valence-corrected chi connectivity index (χ1v) is 6.87. The number of nitrogen functional groups attached to an aromatic ring is 1. The van der Waals surface area contributed by atoms with Crippen LogP contribution < -0.4 is 11.1 Å². The first-order chi connectivity index (χ1) is 9.47. The Labute approximate surface area is 128 Å². The van der Waals surface area contributed by atoms with Gasteiger partial charge in [-0.25, -0.2) is 0 Å². The number of carbonyl (C=O) groups is 1. The van der Waals surface area contributed by atoms with E-state index >= 15 is 0 Å². The van der Waals surface area contributed by atoms with E-state index in [2.05, 4.69) is 11.4 Å². The predicted octanol–water partition coefficient (Wildman–Crippen LogP) is 2.75. The summed E-state index contributed by atoms with van der Waals surface area (Å²) in [5, 5.41) is 11.9. The predicted molar refractivity (Wildman–Crippen MR) is 81.8 cm³/mol. The van der Waals surface area contributed by atoms with E-state index in [0.29, 0.717) is 40.9 Å². The average molecular weight is 315 g/mol. The number of amides is 1. The number of anilines is 2. The summed E-state index contributed by atoms with van der Waals surface area (Å²) >= 11 is 11.8. The van der Waals surface area contributed by atoms with Crippen molar-refractivity contribution in [1.82, 2.24) is 4.90 Å². The zero-order valence-corrected chi connectivity index (χ0v) is 12.6. The Hall–Kier alpha value is -1.48. The first kappa shape index (κ1) is 16.6. The van der Waals surface area contributed by atoms with Gasteiger partial charge in [0.25, 0.3) is 0 Å². The molecule has 108 valence electrons. The Bertz CT molecular complexity index is 505. The minimum Gasteiger partial charge on any atom is -0.397 e. The van der Waals surface area contributed by atoms with Gasteiger partial charge < -0.3 is 11.1 Å². The highest BCUT2D eigenvalue weighted by Gasteiger charge is 2.13. The smallest absolute Gasteiger partial charge is 0.238 e. The van der Waals surface area contributed by atoms with Crippen LogP contribution in [0.3, 0.4) is 0 Å². The Morgan fingerprint density at radius 1 is 1.50 bits per heavy atom. The second kappa shape index (κ2) is 7.95. The van der Waals surface area contributed by atoms with Gasteiger partial charge in [0.15, 0.2) is 0 Å². The van der Waals surface area contributed by atoms with Crippen LogP contribution in [-0.4, -0.2) is 30.4 Å². The van der Waals surface area contributed by atoms with Gasteiger partial charge in [0.05, 0.1) is 29.0 Å². The summed E-state index contributed by atoms with van der Waals surface area (Å²) in [5.74, 6) is -0.235. The standard InChI is InChI=1S/C13H16Cl2N4O/c1-2-19(5-3-4-16)8-12(20)18-13-10(15)6-9(14)7-11(13)17/h6-7H,2-3,5,8,17H2,1H3,(H,18,20). The largest absolute Gasteiger partial charge is 0.397 e. The molecule has 0 saturated heterocycles.